The highest BCUT2D eigenvalue weighted by atomic mass is 16.5. The Labute approximate surface area is 137 Å². The molecular formula is C18H26O5. The molecule has 1 aromatic rings. The van der Waals surface area contributed by atoms with Crippen LogP contribution in [0.4, 0.5) is 0 Å². The Morgan fingerprint density at radius 1 is 1.22 bits per heavy atom. The maximum atomic E-state index is 12.1. The van der Waals surface area contributed by atoms with E-state index in [9.17, 15) is 14.7 Å². The highest BCUT2D eigenvalue weighted by Gasteiger charge is 2.42. The summed E-state index contributed by atoms with van der Waals surface area (Å²) < 4.78 is 10.8. The van der Waals surface area contributed by atoms with Gasteiger partial charge in [0.2, 0.25) is 0 Å². The first-order valence-corrected chi connectivity index (χ1v) is 8.02. The number of hydrogen-bond acceptors (Lipinski definition) is 4. The Bertz CT molecular complexity index is 499. The number of para-hydroxylation sites is 1. The van der Waals surface area contributed by atoms with Crippen molar-refractivity contribution in [2.75, 3.05) is 6.61 Å². The zero-order valence-corrected chi connectivity index (χ0v) is 14.1. The van der Waals surface area contributed by atoms with Crippen LogP contribution < -0.4 is 4.74 Å². The number of carboxylic acids is 1. The number of rotatable bonds is 10. The lowest BCUT2D eigenvalue weighted by atomic mass is 9.85. The fraction of sp³-hybridized carbons (Fsp3) is 0.556. The maximum Gasteiger partial charge on any atom is 0.323 e. The second-order valence-electron chi connectivity index (χ2n) is 5.88. The van der Waals surface area contributed by atoms with Crippen LogP contribution in [0.15, 0.2) is 30.3 Å². The highest BCUT2D eigenvalue weighted by Crippen LogP contribution is 2.27. The fourth-order valence-corrected chi connectivity index (χ4v) is 1.98. The minimum atomic E-state index is -1.50. The van der Waals surface area contributed by atoms with E-state index in [0.717, 1.165) is 5.75 Å². The third-order valence-corrected chi connectivity index (χ3v) is 3.89. The summed E-state index contributed by atoms with van der Waals surface area (Å²) in [5, 5.41) is 9.39. The summed E-state index contributed by atoms with van der Waals surface area (Å²) in [7, 11) is 0. The van der Waals surface area contributed by atoms with Gasteiger partial charge in [0.15, 0.2) is 5.41 Å². The van der Waals surface area contributed by atoms with Gasteiger partial charge in [0.1, 0.15) is 5.75 Å². The van der Waals surface area contributed by atoms with Crippen LogP contribution in [-0.4, -0.2) is 29.8 Å². The average Bonchev–Trinajstić information content (AvgIpc) is 2.54. The summed E-state index contributed by atoms with van der Waals surface area (Å²) in [4.78, 5) is 23.6. The van der Waals surface area contributed by atoms with Crippen LogP contribution in [0.5, 0.6) is 5.75 Å². The van der Waals surface area contributed by atoms with Gasteiger partial charge in [-0.3, -0.25) is 9.59 Å². The Morgan fingerprint density at radius 2 is 1.87 bits per heavy atom. The largest absolute Gasteiger partial charge is 0.494 e. The molecule has 0 saturated carbocycles. The average molecular weight is 322 g/mol. The quantitative estimate of drug-likeness (QED) is 0.404. The monoisotopic (exact) mass is 322 g/mol. The number of esters is 1. The van der Waals surface area contributed by atoms with Crippen LogP contribution in [0.1, 0.15) is 46.5 Å². The van der Waals surface area contributed by atoms with Crippen LogP contribution in [0.25, 0.3) is 0 Å². The van der Waals surface area contributed by atoms with Gasteiger partial charge in [-0.15, -0.1) is 0 Å². The molecule has 0 aliphatic carbocycles. The molecular weight excluding hydrogens is 296 g/mol. The molecule has 0 aliphatic rings. The van der Waals surface area contributed by atoms with Gasteiger partial charge in [-0.05, 0) is 51.7 Å². The zero-order valence-electron chi connectivity index (χ0n) is 14.1. The second kappa shape index (κ2) is 9.18. The normalized spacial score (nSPS) is 14.6. The lowest BCUT2D eigenvalue weighted by Gasteiger charge is -2.24. The molecule has 1 N–H and O–H groups in total. The summed E-state index contributed by atoms with van der Waals surface area (Å²) in [5.74, 6) is -1.03. The van der Waals surface area contributed by atoms with Crippen molar-refractivity contribution in [2.45, 2.75) is 52.6 Å². The molecule has 23 heavy (non-hydrogen) atoms. The van der Waals surface area contributed by atoms with E-state index in [1.165, 1.54) is 6.92 Å². The van der Waals surface area contributed by atoms with Crippen molar-refractivity contribution < 1.29 is 24.2 Å². The van der Waals surface area contributed by atoms with Gasteiger partial charge in [-0.1, -0.05) is 25.1 Å². The maximum absolute atomic E-state index is 12.1. The number of benzene rings is 1. The number of unbranched alkanes of at least 4 members (excludes halogenated alkanes) is 1. The van der Waals surface area contributed by atoms with E-state index in [0.29, 0.717) is 25.9 Å². The smallest absolute Gasteiger partial charge is 0.323 e. The predicted octanol–water partition coefficient (Wildman–Crippen LogP) is 3.67. The predicted molar refractivity (Wildman–Crippen MR) is 87.4 cm³/mol. The number of carbonyl (C=O) groups is 2. The Kier molecular flexibility index (Phi) is 7.59. The van der Waals surface area contributed by atoms with Gasteiger partial charge in [0.05, 0.1) is 12.7 Å². The van der Waals surface area contributed by atoms with Gasteiger partial charge in [0.25, 0.3) is 0 Å². The first kappa shape index (κ1) is 19.0. The zero-order chi connectivity index (χ0) is 17.3. The van der Waals surface area contributed by atoms with E-state index in [2.05, 4.69) is 0 Å². The molecule has 0 saturated heterocycles. The first-order chi connectivity index (χ1) is 10.9. The molecule has 0 aliphatic heterocycles. The van der Waals surface area contributed by atoms with Crippen molar-refractivity contribution in [2.24, 2.45) is 5.41 Å². The molecule has 5 nitrogen and oxygen atoms in total. The second-order valence-corrected chi connectivity index (χ2v) is 5.88. The molecule has 1 rings (SSSR count). The Morgan fingerprint density at radius 3 is 2.43 bits per heavy atom. The van der Waals surface area contributed by atoms with Gasteiger partial charge >= 0.3 is 11.9 Å². The molecule has 1 aromatic carbocycles. The molecule has 0 aromatic heterocycles. The van der Waals surface area contributed by atoms with Crippen LogP contribution >= 0.6 is 0 Å². The van der Waals surface area contributed by atoms with Crippen molar-refractivity contribution >= 4 is 11.9 Å². The Hall–Kier alpha value is -2.04. The molecule has 0 radical (unpaired) electrons. The minimum Gasteiger partial charge on any atom is -0.494 e. The van der Waals surface area contributed by atoms with Crippen LogP contribution in [0.2, 0.25) is 0 Å². The van der Waals surface area contributed by atoms with E-state index in [1.807, 2.05) is 37.3 Å². The van der Waals surface area contributed by atoms with Crippen LogP contribution in [0, 0.1) is 5.41 Å². The summed E-state index contributed by atoms with van der Waals surface area (Å²) in [6.07, 6.45) is 1.87. The third-order valence-electron chi connectivity index (χ3n) is 3.89. The lowest BCUT2D eigenvalue weighted by Crippen LogP contribution is -2.39. The van der Waals surface area contributed by atoms with Crippen LogP contribution in [-0.2, 0) is 14.3 Å². The molecule has 0 fully saturated rings. The lowest BCUT2D eigenvalue weighted by molar-refractivity contribution is -0.171. The highest BCUT2D eigenvalue weighted by molar-refractivity contribution is 5.98. The minimum absolute atomic E-state index is 0.232. The topological polar surface area (TPSA) is 72.8 Å². The van der Waals surface area contributed by atoms with Crippen molar-refractivity contribution in [3.05, 3.63) is 30.3 Å². The summed E-state index contributed by atoms with van der Waals surface area (Å²) in [5.41, 5.74) is -1.50. The molecule has 0 heterocycles. The van der Waals surface area contributed by atoms with E-state index >= 15 is 0 Å². The molecule has 0 spiro atoms. The summed E-state index contributed by atoms with van der Waals surface area (Å²) in [6, 6.07) is 9.42. The number of ether oxygens (including phenoxy) is 2. The standard InChI is InChI=1S/C18H26O5/c1-4-14(2)23-17(21)18(3,16(19)20)12-8-9-13-22-15-10-6-5-7-11-15/h5-7,10-11,14H,4,8-9,12-13H2,1-3H3,(H,19,20). The van der Waals surface area contributed by atoms with E-state index in [1.54, 1.807) is 6.92 Å². The van der Waals surface area contributed by atoms with E-state index in [4.69, 9.17) is 9.47 Å². The van der Waals surface area contributed by atoms with Gasteiger partial charge < -0.3 is 14.6 Å². The van der Waals surface area contributed by atoms with Gasteiger partial charge in [-0.2, -0.15) is 0 Å². The van der Waals surface area contributed by atoms with Gasteiger partial charge in [0, 0.05) is 0 Å². The number of hydrogen-bond donors (Lipinski definition) is 1. The molecule has 2 unspecified atom stereocenters. The SMILES string of the molecule is CCC(C)OC(=O)C(C)(CCCCOc1ccccc1)C(=O)O. The molecule has 2 atom stereocenters. The number of aliphatic carboxylic acids is 1. The number of carboxylic acid groups (broad SMARTS) is 1. The summed E-state index contributed by atoms with van der Waals surface area (Å²) >= 11 is 0. The first-order valence-electron chi connectivity index (χ1n) is 8.02. The van der Waals surface area contributed by atoms with Crippen molar-refractivity contribution in [1.29, 1.82) is 0 Å². The van der Waals surface area contributed by atoms with Crippen molar-refractivity contribution in [3.8, 4) is 5.75 Å². The van der Waals surface area contributed by atoms with Crippen LogP contribution in [0.3, 0.4) is 0 Å². The fourth-order valence-electron chi connectivity index (χ4n) is 1.98. The molecule has 0 bridgehead atoms. The molecule has 128 valence electrons. The van der Waals surface area contributed by atoms with E-state index < -0.39 is 17.4 Å². The van der Waals surface area contributed by atoms with Crippen molar-refractivity contribution in [3.63, 3.8) is 0 Å². The molecule has 0 amide bonds. The number of carbonyl (C=O) groups excluding carboxylic acids is 1. The summed E-state index contributed by atoms with van der Waals surface area (Å²) in [6.45, 7) is 5.56. The van der Waals surface area contributed by atoms with Crippen molar-refractivity contribution in [1.82, 2.24) is 0 Å². The molecule has 5 heteroatoms. The Balaban J connectivity index is 2.43. The third kappa shape index (κ3) is 5.93. The van der Waals surface area contributed by atoms with Gasteiger partial charge in [-0.25, -0.2) is 0 Å². The van der Waals surface area contributed by atoms with E-state index in [-0.39, 0.29) is 12.5 Å².